The lowest BCUT2D eigenvalue weighted by molar-refractivity contribution is 0.0522. The molecular formula is C18H26N4O2S2. The molecule has 0 unspecified atom stereocenters. The minimum absolute atomic E-state index is 0.266. The quantitative estimate of drug-likeness (QED) is 0.771. The second-order valence-electron chi connectivity index (χ2n) is 7.61. The summed E-state index contributed by atoms with van der Waals surface area (Å²) in [6.45, 7) is 7.67. The zero-order valence-electron chi connectivity index (χ0n) is 15.7. The molecule has 0 aliphatic carbocycles. The van der Waals surface area contributed by atoms with Crippen LogP contribution < -0.4 is 15.1 Å². The minimum Gasteiger partial charge on any atom is -0.444 e. The van der Waals surface area contributed by atoms with E-state index in [0.29, 0.717) is 10.7 Å². The molecular weight excluding hydrogens is 368 g/mol. The van der Waals surface area contributed by atoms with Gasteiger partial charge in [-0.25, -0.2) is 9.78 Å². The molecule has 0 aromatic carbocycles. The number of nitrogens with one attached hydrogen (secondary N) is 1. The Morgan fingerprint density at radius 3 is 2.73 bits per heavy atom. The number of alkyl carbamates (subject to hydrolysis) is 1. The molecule has 1 aromatic rings. The van der Waals surface area contributed by atoms with Gasteiger partial charge >= 0.3 is 6.09 Å². The van der Waals surface area contributed by atoms with Crippen molar-refractivity contribution in [3.8, 4) is 0 Å². The summed E-state index contributed by atoms with van der Waals surface area (Å²) in [7, 11) is 1.92. The molecule has 0 saturated carbocycles. The number of pyridine rings is 1. The summed E-state index contributed by atoms with van der Waals surface area (Å²) in [4.78, 5) is 22.8. The molecule has 3 heterocycles. The smallest absolute Gasteiger partial charge is 0.408 e. The van der Waals surface area contributed by atoms with Crippen LogP contribution in [0.3, 0.4) is 0 Å². The SMILES string of the molecule is CN1C(=S)[C@@H](NC(=O)OC(C)(C)C)CSc2cc(N3CCCC3)ncc21. The Morgan fingerprint density at radius 2 is 2.08 bits per heavy atom. The standard InChI is InChI=1S/C18H26N4O2S2/c1-18(2,3)24-17(23)20-12-11-26-14-9-15(22-7-5-6-8-22)19-10-13(14)21(4)16(12)25/h9-10,12H,5-8,11H2,1-4H3,(H,20,23)/t12-/m0/s1. The monoisotopic (exact) mass is 394 g/mol. The normalized spacial score (nSPS) is 20.6. The second kappa shape index (κ2) is 7.60. The van der Waals surface area contributed by atoms with Crippen molar-refractivity contribution >= 4 is 46.6 Å². The number of amides is 1. The van der Waals surface area contributed by atoms with Crippen LogP contribution in [0.2, 0.25) is 0 Å². The molecule has 8 heteroatoms. The number of ether oxygens (including phenoxy) is 1. The van der Waals surface area contributed by atoms with E-state index in [2.05, 4.69) is 21.3 Å². The van der Waals surface area contributed by atoms with Gasteiger partial charge in [-0.3, -0.25) is 0 Å². The maximum Gasteiger partial charge on any atom is 0.408 e. The maximum atomic E-state index is 12.2. The summed E-state index contributed by atoms with van der Waals surface area (Å²) < 4.78 is 5.37. The molecule has 1 N–H and O–H groups in total. The number of thiocarbonyl (C=S) groups is 1. The summed E-state index contributed by atoms with van der Waals surface area (Å²) in [6, 6.07) is 1.87. The van der Waals surface area contributed by atoms with Crippen LogP contribution in [-0.4, -0.2) is 53.6 Å². The maximum absolute atomic E-state index is 12.2. The number of hydrogen-bond donors (Lipinski definition) is 1. The topological polar surface area (TPSA) is 57.7 Å². The van der Waals surface area contributed by atoms with Crippen LogP contribution in [0.25, 0.3) is 0 Å². The number of anilines is 2. The number of carbonyl (C=O) groups is 1. The summed E-state index contributed by atoms with van der Waals surface area (Å²) in [5.41, 5.74) is 0.448. The Bertz CT molecular complexity index is 699. The molecule has 2 aliphatic heterocycles. The molecule has 6 nitrogen and oxygen atoms in total. The predicted octanol–water partition coefficient (Wildman–Crippen LogP) is 3.44. The van der Waals surface area contributed by atoms with Crippen molar-refractivity contribution in [1.82, 2.24) is 10.3 Å². The van der Waals surface area contributed by atoms with E-state index in [1.165, 1.54) is 12.8 Å². The third-order valence-corrected chi connectivity index (χ3v) is 6.04. The summed E-state index contributed by atoms with van der Waals surface area (Å²) in [6.07, 6.45) is 3.88. The van der Waals surface area contributed by atoms with Gasteiger partial charge in [-0.1, -0.05) is 12.2 Å². The number of likely N-dealkylation sites (N-methyl/N-ethyl adjacent to an activating group) is 1. The van der Waals surface area contributed by atoms with Gasteiger partial charge in [0.05, 0.1) is 17.9 Å². The van der Waals surface area contributed by atoms with Gasteiger partial charge in [-0.2, -0.15) is 0 Å². The van der Waals surface area contributed by atoms with Gasteiger partial charge in [0.2, 0.25) is 0 Å². The van der Waals surface area contributed by atoms with Gasteiger partial charge in [0.15, 0.2) is 0 Å². The van der Waals surface area contributed by atoms with E-state index < -0.39 is 11.7 Å². The van der Waals surface area contributed by atoms with Crippen LogP contribution >= 0.6 is 24.0 Å². The van der Waals surface area contributed by atoms with E-state index in [-0.39, 0.29) is 6.04 Å². The number of aromatic nitrogens is 1. The minimum atomic E-state index is -0.535. The summed E-state index contributed by atoms with van der Waals surface area (Å²) in [5.74, 6) is 1.69. The molecule has 0 bridgehead atoms. The first-order valence-corrected chi connectivity index (χ1v) is 10.3. The van der Waals surface area contributed by atoms with Crippen molar-refractivity contribution in [3.05, 3.63) is 12.3 Å². The lowest BCUT2D eigenvalue weighted by atomic mass is 10.2. The van der Waals surface area contributed by atoms with Crippen LogP contribution in [0.15, 0.2) is 17.2 Å². The summed E-state index contributed by atoms with van der Waals surface area (Å²) >= 11 is 7.31. The lowest BCUT2D eigenvalue weighted by Crippen LogP contribution is -2.48. The van der Waals surface area contributed by atoms with Gasteiger partial charge in [-0.15, -0.1) is 11.8 Å². The number of fused-ring (bicyclic) bond motifs is 1. The van der Waals surface area contributed by atoms with Crippen molar-refractivity contribution in [2.75, 3.05) is 35.7 Å². The van der Waals surface area contributed by atoms with E-state index >= 15 is 0 Å². The number of rotatable bonds is 2. The predicted molar refractivity (Wildman–Crippen MR) is 111 cm³/mol. The third-order valence-electron chi connectivity index (χ3n) is 4.35. The summed E-state index contributed by atoms with van der Waals surface area (Å²) in [5, 5.41) is 2.90. The highest BCUT2D eigenvalue weighted by molar-refractivity contribution is 7.99. The van der Waals surface area contributed by atoms with E-state index in [4.69, 9.17) is 17.0 Å². The van der Waals surface area contributed by atoms with Crippen LogP contribution in [0, 0.1) is 0 Å². The van der Waals surface area contributed by atoms with Gasteiger partial charge in [0.1, 0.15) is 16.4 Å². The fraction of sp³-hybridized carbons (Fsp3) is 0.611. The molecule has 0 radical (unpaired) electrons. The highest BCUT2D eigenvalue weighted by atomic mass is 32.2. The Hall–Kier alpha value is -1.54. The van der Waals surface area contributed by atoms with Crippen LogP contribution in [-0.2, 0) is 4.74 Å². The second-order valence-corrected chi connectivity index (χ2v) is 9.09. The number of thioether (sulfide) groups is 1. The van der Waals surface area contributed by atoms with Gasteiger partial charge < -0.3 is 19.9 Å². The van der Waals surface area contributed by atoms with Crippen molar-refractivity contribution in [1.29, 1.82) is 0 Å². The first-order valence-electron chi connectivity index (χ1n) is 8.89. The molecule has 3 rings (SSSR count). The Balaban J connectivity index is 1.75. The molecule has 142 valence electrons. The number of hydrogen-bond acceptors (Lipinski definition) is 6. The van der Waals surface area contributed by atoms with Crippen LogP contribution in [0.5, 0.6) is 0 Å². The molecule has 1 atom stereocenters. The van der Waals surface area contributed by atoms with Crippen LogP contribution in [0.1, 0.15) is 33.6 Å². The average Bonchev–Trinajstić information content (AvgIpc) is 3.06. The zero-order chi connectivity index (χ0) is 18.9. The Labute approximate surface area is 164 Å². The lowest BCUT2D eigenvalue weighted by Gasteiger charge is -2.26. The molecule has 2 aliphatic rings. The van der Waals surface area contributed by atoms with Crippen molar-refractivity contribution < 1.29 is 9.53 Å². The van der Waals surface area contributed by atoms with E-state index in [1.807, 2.05) is 38.9 Å². The fourth-order valence-electron chi connectivity index (χ4n) is 3.06. The Morgan fingerprint density at radius 1 is 1.38 bits per heavy atom. The number of carbonyl (C=O) groups excluding carboxylic acids is 1. The third kappa shape index (κ3) is 4.40. The average molecular weight is 395 g/mol. The van der Waals surface area contributed by atoms with Crippen molar-refractivity contribution in [2.24, 2.45) is 0 Å². The molecule has 26 heavy (non-hydrogen) atoms. The van der Waals surface area contributed by atoms with E-state index in [9.17, 15) is 4.79 Å². The largest absolute Gasteiger partial charge is 0.444 e. The number of nitrogens with zero attached hydrogens (tertiary/aromatic N) is 3. The highest BCUT2D eigenvalue weighted by Crippen LogP contribution is 2.36. The first kappa shape index (κ1) is 19.2. The Kier molecular flexibility index (Phi) is 5.62. The highest BCUT2D eigenvalue weighted by Gasteiger charge is 2.29. The fourth-order valence-corrected chi connectivity index (χ4v) is 4.52. The molecule has 1 fully saturated rings. The molecule has 1 saturated heterocycles. The molecule has 1 aromatic heterocycles. The first-order chi connectivity index (χ1) is 12.2. The van der Waals surface area contributed by atoms with Crippen LogP contribution in [0.4, 0.5) is 16.3 Å². The molecule has 0 spiro atoms. The zero-order valence-corrected chi connectivity index (χ0v) is 17.4. The van der Waals surface area contributed by atoms with Crippen molar-refractivity contribution in [3.63, 3.8) is 0 Å². The molecule has 1 amide bonds. The van der Waals surface area contributed by atoms with Gasteiger partial charge in [0, 0.05) is 30.8 Å². The van der Waals surface area contributed by atoms with E-state index in [1.54, 1.807) is 11.8 Å². The van der Waals surface area contributed by atoms with E-state index in [0.717, 1.165) is 29.5 Å². The van der Waals surface area contributed by atoms with Gasteiger partial charge in [-0.05, 0) is 39.7 Å². The van der Waals surface area contributed by atoms with Gasteiger partial charge in [0.25, 0.3) is 0 Å². The van der Waals surface area contributed by atoms with Crippen molar-refractivity contribution in [2.45, 2.75) is 50.2 Å².